The number of amides is 1. The summed E-state index contributed by atoms with van der Waals surface area (Å²) in [6.07, 6.45) is 1.66. The highest BCUT2D eigenvalue weighted by molar-refractivity contribution is 7.09. The third-order valence-electron chi connectivity index (χ3n) is 2.57. The lowest BCUT2D eigenvalue weighted by Crippen LogP contribution is -2.41. The van der Waals surface area contributed by atoms with Crippen LogP contribution in [0, 0.1) is 5.82 Å². The number of hydrogen-bond donors (Lipinski definition) is 1. The molecule has 2 rings (SSSR count). The number of nitrogens with one attached hydrogen (secondary N) is 1. The maximum absolute atomic E-state index is 13.6. The topological polar surface area (TPSA) is 42.0 Å². The molecule has 0 aliphatic heterocycles. The molecule has 3 nitrogen and oxygen atoms in total. The molecule has 0 saturated carbocycles. The first-order chi connectivity index (χ1) is 8.90. The lowest BCUT2D eigenvalue weighted by molar-refractivity contribution is 0.0908. The summed E-state index contributed by atoms with van der Waals surface area (Å²) >= 11 is 7.20. The Bertz CT molecular complexity index is 599. The molecule has 0 saturated heterocycles. The third-order valence-corrected chi connectivity index (χ3v) is 3.90. The van der Waals surface area contributed by atoms with Crippen molar-refractivity contribution in [3.8, 4) is 0 Å². The molecule has 0 aliphatic rings. The molecule has 0 atom stereocenters. The van der Waals surface area contributed by atoms with Crippen molar-refractivity contribution in [3.05, 3.63) is 51.2 Å². The van der Waals surface area contributed by atoms with Crippen LogP contribution in [0.25, 0.3) is 0 Å². The first kappa shape index (κ1) is 14.0. The van der Waals surface area contributed by atoms with Crippen LogP contribution >= 0.6 is 22.9 Å². The van der Waals surface area contributed by atoms with E-state index in [9.17, 15) is 9.18 Å². The number of rotatable bonds is 3. The molecule has 1 amide bonds. The predicted octanol–water partition coefficient (Wildman–Crippen LogP) is 3.60. The molecule has 1 aromatic carbocycles. The van der Waals surface area contributed by atoms with E-state index in [0.717, 1.165) is 5.01 Å². The molecule has 0 bridgehead atoms. The Kier molecular flexibility index (Phi) is 3.87. The Morgan fingerprint density at radius 2 is 2.21 bits per heavy atom. The Balaban J connectivity index is 2.24. The van der Waals surface area contributed by atoms with Crippen molar-refractivity contribution in [1.29, 1.82) is 0 Å². The summed E-state index contributed by atoms with van der Waals surface area (Å²) in [5.74, 6) is -1.11. The summed E-state index contributed by atoms with van der Waals surface area (Å²) in [7, 11) is 0. The zero-order valence-corrected chi connectivity index (χ0v) is 12.0. The fourth-order valence-electron chi connectivity index (χ4n) is 1.61. The highest BCUT2D eigenvalue weighted by atomic mass is 35.5. The van der Waals surface area contributed by atoms with E-state index in [2.05, 4.69) is 10.3 Å². The van der Waals surface area contributed by atoms with Crippen molar-refractivity contribution < 1.29 is 9.18 Å². The Morgan fingerprint density at radius 3 is 2.84 bits per heavy atom. The van der Waals surface area contributed by atoms with Crippen LogP contribution < -0.4 is 5.32 Å². The van der Waals surface area contributed by atoms with Crippen molar-refractivity contribution in [2.75, 3.05) is 0 Å². The second-order valence-corrected chi connectivity index (χ2v) is 5.87. The van der Waals surface area contributed by atoms with E-state index in [0.29, 0.717) is 5.02 Å². The standard InChI is InChI=1S/C13H12ClFN2OS/c1-13(2,12-16-5-6-19-12)17-11(18)9-7-8(14)3-4-10(9)15/h3-7H,1-2H3,(H,17,18). The van der Waals surface area contributed by atoms with E-state index >= 15 is 0 Å². The highest BCUT2D eigenvalue weighted by Gasteiger charge is 2.27. The molecule has 0 radical (unpaired) electrons. The number of nitrogens with zero attached hydrogens (tertiary/aromatic N) is 1. The molecule has 0 unspecified atom stereocenters. The van der Waals surface area contributed by atoms with Gasteiger partial charge in [0.1, 0.15) is 10.8 Å². The number of benzene rings is 1. The van der Waals surface area contributed by atoms with Gasteiger partial charge in [-0.1, -0.05) is 11.6 Å². The van der Waals surface area contributed by atoms with Crippen LogP contribution in [0.1, 0.15) is 29.2 Å². The van der Waals surface area contributed by atoms with E-state index in [4.69, 9.17) is 11.6 Å². The first-order valence-electron chi connectivity index (χ1n) is 5.58. The summed E-state index contributed by atoms with van der Waals surface area (Å²) in [4.78, 5) is 16.3. The third kappa shape index (κ3) is 3.11. The molecule has 1 aromatic heterocycles. The Morgan fingerprint density at radius 1 is 1.47 bits per heavy atom. The molecule has 6 heteroatoms. The zero-order chi connectivity index (χ0) is 14.0. The highest BCUT2D eigenvalue weighted by Crippen LogP contribution is 2.23. The van der Waals surface area contributed by atoms with Crippen molar-refractivity contribution in [1.82, 2.24) is 10.3 Å². The Hall–Kier alpha value is -1.46. The molecule has 19 heavy (non-hydrogen) atoms. The van der Waals surface area contributed by atoms with E-state index in [1.54, 1.807) is 6.20 Å². The average Bonchev–Trinajstić information content (AvgIpc) is 2.86. The van der Waals surface area contributed by atoms with Gasteiger partial charge in [-0.3, -0.25) is 4.79 Å². The van der Waals surface area contributed by atoms with Gasteiger partial charge in [-0.2, -0.15) is 0 Å². The van der Waals surface area contributed by atoms with Gasteiger partial charge in [0, 0.05) is 16.6 Å². The van der Waals surface area contributed by atoms with Crippen LogP contribution in [-0.4, -0.2) is 10.9 Å². The molecule has 100 valence electrons. The summed E-state index contributed by atoms with van der Waals surface area (Å²) in [6.45, 7) is 3.62. The SMILES string of the molecule is CC(C)(NC(=O)c1cc(Cl)ccc1F)c1nccs1. The monoisotopic (exact) mass is 298 g/mol. The number of halogens is 2. The van der Waals surface area contributed by atoms with Gasteiger partial charge in [-0.25, -0.2) is 9.37 Å². The van der Waals surface area contributed by atoms with Gasteiger partial charge >= 0.3 is 0 Å². The first-order valence-corrected chi connectivity index (χ1v) is 6.83. The number of aromatic nitrogens is 1. The van der Waals surface area contributed by atoms with Crippen LogP contribution in [-0.2, 0) is 5.54 Å². The fourth-order valence-corrected chi connectivity index (χ4v) is 2.50. The summed E-state index contributed by atoms with van der Waals surface area (Å²) in [5, 5.41) is 5.65. The summed E-state index contributed by atoms with van der Waals surface area (Å²) in [6, 6.07) is 3.89. The van der Waals surface area contributed by atoms with E-state index in [-0.39, 0.29) is 5.56 Å². The smallest absolute Gasteiger partial charge is 0.255 e. The maximum atomic E-state index is 13.6. The van der Waals surface area contributed by atoms with Gasteiger partial charge in [0.05, 0.1) is 11.1 Å². The van der Waals surface area contributed by atoms with Gasteiger partial charge in [-0.05, 0) is 32.0 Å². The van der Waals surface area contributed by atoms with Crippen molar-refractivity contribution in [2.24, 2.45) is 0 Å². The van der Waals surface area contributed by atoms with Crippen molar-refractivity contribution >= 4 is 28.8 Å². The molecule has 2 aromatic rings. The van der Waals surface area contributed by atoms with Gasteiger partial charge in [0.25, 0.3) is 5.91 Å². The molecule has 1 heterocycles. The van der Waals surface area contributed by atoms with Gasteiger partial charge in [-0.15, -0.1) is 11.3 Å². The second kappa shape index (κ2) is 5.27. The van der Waals surface area contributed by atoms with Gasteiger partial charge < -0.3 is 5.32 Å². The van der Waals surface area contributed by atoms with Crippen LogP contribution in [0.5, 0.6) is 0 Å². The normalized spacial score (nSPS) is 11.4. The summed E-state index contributed by atoms with van der Waals surface area (Å²) < 4.78 is 13.6. The number of thiazole rings is 1. The largest absolute Gasteiger partial charge is 0.341 e. The second-order valence-electron chi connectivity index (χ2n) is 4.54. The number of carbonyl (C=O) groups is 1. The predicted molar refractivity (Wildman–Crippen MR) is 74.0 cm³/mol. The van der Waals surface area contributed by atoms with Gasteiger partial charge in [0.15, 0.2) is 0 Å². The van der Waals surface area contributed by atoms with Crippen molar-refractivity contribution in [3.63, 3.8) is 0 Å². The summed E-state index contributed by atoms with van der Waals surface area (Å²) in [5.41, 5.74) is -0.739. The van der Waals surface area contributed by atoms with Crippen molar-refractivity contribution in [2.45, 2.75) is 19.4 Å². The number of carbonyl (C=O) groups excluding carboxylic acids is 1. The fraction of sp³-hybridized carbons (Fsp3) is 0.231. The molecular weight excluding hydrogens is 287 g/mol. The molecule has 0 spiro atoms. The van der Waals surface area contributed by atoms with Crippen LogP contribution in [0.4, 0.5) is 4.39 Å². The molecule has 0 aliphatic carbocycles. The minimum absolute atomic E-state index is 0.0721. The molecule has 0 fully saturated rings. The lowest BCUT2D eigenvalue weighted by Gasteiger charge is -2.24. The molecular formula is C13H12ClFN2OS. The van der Waals surface area contributed by atoms with E-state index in [1.807, 2.05) is 19.2 Å². The zero-order valence-electron chi connectivity index (χ0n) is 10.4. The van der Waals surface area contributed by atoms with Gasteiger partial charge in [0.2, 0.25) is 0 Å². The minimum Gasteiger partial charge on any atom is -0.341 e. The maximum Gasteiger partial charge on any atom is 0.255 e. The minimum atomic E-state index is -0.667. The lowest BCUT2D eigenvalue weighted by atomic mass is 10.1. The van der Waals surface area contributed by atoms with E-state index < -0.39 is 17.3 Å². The van der Waals surface area contributed by atoms with Crippen LogP contribution in [0.3, 0.4) is 0 Å². The quantitative estimate of drug-likeness (QED) is 0.940. The van der Waals surface area contributed by atoms with Crippen LogP contribution in [0.15, 0.2) is 29.8 Å². The van der Waals surface area contributed by atoms with E-state index in [1.165, 1.54) is 29.5 Å². The van der Waals surface area contributed by atoms with Crippen LogP contribution in [0.2, 0.25) is 5.02 Å². The average molecular weight is 299 g/mol. The molecule has 1 N–H and O–H groups in total. The Labute approximate surface area is 119 Å². The number of hydrogen-bond acceptors (Lipinski definition) is 3.